The molecule has 2 fully saturated rings. The predicted molar refractivity (Wildman–Crippen MR) is 65.0 cm³/mol. The number of nitrogens with one attached hydrogen (secondary N) is 1. The Morgan fingerprint density at radius 2 is 2.29 bits per heavy atom. The minimum atomic E-state index is -0.816. The Labute approximate surface area is 102 Å². The van der Waals surface area contributed by atoms with Gasteiger partial charge in [-0.1, -0.05) is 19.8 Å². The molecular weight excluding hydrogens is 216 g/mol. The van der Waals surface area contributed by atoms with Crippen molar-refractivity contribution in [1.29, 1.82) is 0 Å². The molecule has 1 aliphatic carbocycles. The molecule has 4 nitrogen and oxygen atoms in total. The first-order chi connectivity index (χ1) is 7.96. The van der Waals surface area contributed by atoms with E-state index in [9.17, 15) is 4.79 Å². The first-order valence-electron chi connectivity index (χ1n) is 6.04. The first-order valence-corrected chi connectivity index (χ1v) is 6.04. The van der Waals surface area contributed by atoms with Crippen LogP contribution in [0.1, 0.15) is 27.2 Å². The molecule has 3 N–H and O–H groups in total. The highest BCUT2D eigenvalue weighted by atomic mass is 16.5. The number of rotatable bonds is 2. The fraction of sp³-hybridized carbons (Fsp3) is 0.769. The maximum atomic E-state index is 12.2. The number of hydrogen-bond donors (Lipinski definition) is 2. The number of ether oxygens (including phenoxy) is 1. The second-order valence-corrected chi connectivity index (χ2v) is 5.39. The van der Waals surface area contributed by atoms with Crippen LogP contribution in [0.15, 0.2) is 0 Å². The van der Waals surface area contributed by atoms with Crippen molar-refractivity contribution in [2.75, 3.05) is 13.2 Å². The maximum Gasteiger partial charge on any atom is 0.241 e. The third-order valence-electron chi connectivity index (χ3n) is 4.34. The van der Waals surface area contributed by atoms with Crippen LogP contribution in [0.4, 0.5) is 0 Å². The summed E-state index contributed by atoms with van der Waals surface area (Å²) in [6.45, 7) is 6.83. The highest BCUT2D eigenvalue weighted by Gasteiger charge is 2.71. The van der Waals surface area contributed by atoms with E-state index in [0.717, 1.165) is 6.42 Å². The van der Waals surface area contributed by atoms with Gasteiger partial charge in [0.15, 0.2) is 0 Å². The van der Waals surface area contributed by atoms with Gasteiger partial charge in [-0.3, -0.25) is 4.79 Å². The molecule has 1 heterocycles. The summed E-state index contributed by atoms with van der Waals surface area (Å²) in [5.74, 6) is 5.61. The van der Waals surface area contributed by atoms with Crippen LogP contribution >= 0.6 is 0 Å². The van der Waals surface area contributed by atoms with Gasteiger partial charge in [-0.15, -0.1) is 5.92 Å². The van der Waals surface area contributed by atoms with E-state index in [1.165, 1.54) is 0 Å². The fourth-order valence-corrected chi connectivity index (χ4v) is 3.20. The predicted octanol–water partition coefficient (Wildman–Crippen LogP) is 0.268. The van der Waals surface area contributed by atoms with Gasteiger partial charge in [-0.25, -0.2) is 0 Å². The highest BCUT2D eigenvalue weighted by molar-refractivity contribution is 5.89. The molecule has 0 aromatic rings. The molecule has 3 unspecified atom stereocenters. The van der Waals surface area contributed by atoms with E-state index < -0.39 is 5.54 Å². The van der Waals surface area contributed by atoms with Gasteiger partial charge in [-0.05, 0) is 13.3 Å². The van der Waals surface area contributed by atoms with Crippen molar-refractivity contribution >= 4 is 5.91 Å². The Hall–Kier alpha value is -1.05. The van der Waals surface area contributed by atoms with Gasteiger partial charge in [0.2, 0.25) is 5.91 Å². The lowest BCUT2D eigenvalue weighted by Crippen LogP contribution is -2.80. The van der Waals surface area contributed by atoms with Crippen LogP contribution in [0, 0.1) is 23.2 Å². The Morgan fingerprint density at radius 1 is 1.59 bits per heavy atom. The second kappa shape index (κ2) is 4.01. The standard InChI is InChI=1S/C13H20N2O2/c1-4-5-7-15-11(16)13(14)9-6-8-17-10(9)12(13,2)3/h9-10H,6-8,14H2,1-3H3,(H,15,16). The van der Waals surface area contributed by atoms with E-state index in [2.05, 4.69) is 17.2 Å². The minimum absolute atomic E-state index is 0.1000. The molecular formula is C13H20N2O2. The van der Waals surface area contributed by atoms with Gasteiger partial charge in [0.05, 0.1) is 12.6 Å². The Bertz CT molecular complexity index is 394. The molecule has 3 atom stereocenters. The average Bonchev–Trinajstić information content (AvgIpc) is 2.75. The van der Waals surface area contributed by atoms with Crippen LogP contribution in [0.2, 0.25) is 0 Å². The molecule has 0 aromatic carbocycles. The Balaban J connectivity index is 2.11. The van der Waals surface area contributed by atoms with E-state index in [1.54, 1.807) is 6.92 Å². The molecule has 0 radical (unpaired) electrons. The third kappa shape index (κ3) is 1.50. The zero-order chi connectivity index (χ0) is 12.7. The smallest absolute Gasteiger partial charge is 0.241 e. The average molecular weight is 236 g/mol. The van der Waals surface area contributed by atoms with Gasteiger partial charge in [0.1, 0.15) is 5.54 Å². The quantitative estimate of drug-likeness (QED) is 0.676. The Morgan fingerprint density at radius 3 is 2.94 bits per heavy atom. The maximum absolute atomic E-state index is 12.2. The number of hydrogen-bond acceptors (Lipinski definition) is 3. The lowest BCUT2D eigenvalue weighted by Gasteiger charge is -2.60. The van der Waals surface area contributed by atoms with Gasteiger partial charge in [0.25, 0.3) is 0 Å². The lowest BCUT2D eigenvalue weighted by atomic mass is 9.48. The van der Waals surface area contributed by atoms with Crippen molar-refractivity contribution in [3.63, 3.8) is 0 Å². The summed E-state index contributed by atoms with van der Waals surface area (Å²) in [6.07, 6.45) is 0.993. The van der Waals surface area contributed by atoms with Crippen LogP contribution in [0.25, 0.3) is 0 Å². The topological polar surface area (TPSA) is 64.4 Å². The van der Waals surface area contributed by atoms with Gasteiger partial charge < -0.3 is 15.8 Å². The molecule has 0 aromatic heterocycles. The lowest BCUT2D eigenvalue weighted by molar-refractivity contribution is -0.175. The van der Waals surface area contributed by atoms with Crippen molar-refractivity contribution in [2.45, 2.75) is 38.8 Å². The zero-order valence-corrected chi connectivity index (χ0v) is 10.7. The minimum Gasteiger partial charge on any atom is -0.377 e. The van der Waals surface area contributed by atoms with Crippen molar-refractivity contribution in [2.24, 2.45) is 17.1 Å². The van der Waals surface area contributed by atoms with Crippen LogP contribution in [0.5, 0.6) is 0 Å². The molecule has 0 spiro atoms. The SMILES string of the molecule is CC#CCNC(=O)C1(N)C2CCOC2C1(C)C. The second-order valence-electron chi connectivity index (χ2n) is 5.39. The number of carbonyl (C=O) groups is 1. The van der Waals surface area contributed by atoms with E-state index in [0.29, 0.717) is 13.2 Å². The summed E-state index contributed by atoms with van der Waals surface area (Å²) >= 11 is 0. The Kier molecular flexibility index (Phi) is 2.92. The first kappa shape index (κ1) is 12.4. The number of nitrogens with two attached hydrogens (primary N) is 1. The molecule has 1 saturated heterocycles. The van der Waals surface area contributed by atoms with Crippen molar-refractivity contribution in [1.82, 2.24) is 5.32 Å². The van der Waals surface area contributed by atoms with E-state index >= 15 is 0 Å². The monoisotopic (exact) mass is 236 g/mol. The third-order valence-corrected chi connectivity index (χ3v) is 4.34. The van der Waals surface area contributed by atoms with E-state index in [1.807, 2.05) is 13.8 Å². The summed E-state index contributed by atoms with van der Waals surface area (Å²) in [5, 5.41) is 2.80. The molecule has 1 amide bonds. The molecule has 1 aliphatic heterocycles. The van der Waals surface area contributed by atoms with E-state index in [-0.39, 0.29) is 23.3 Å². The molecule has 2 rings (SSSR count). The normalized spacial score (nSPS) is 37.4. The van der Waals surface area contributed by atoms with Gasteiger partial charge in [0, 0.05) is 17.9 Å². The summed E-state index contributed by atoms with van der Waals surface area (Å²) in [7, 11) is 0. The number of fused-ring (bicyclic) bond motifs is 1. The molecule has 2 aliphatic rings. The fourth-order valence-electron chi connectivity index (χ4n) is 3.20. The van der Waals surface area contributed by atoms with Gasteiger partial charge in [-0.2, -0.15) is 0 Å². The van der Waals surface area contributed by atoms with Crippen molar-refractivity contribution in [3.05, 3.63) is 0 Å². The highest BCUT2D eigenvalue weighted by Crippen LogP contribution is 2.58. The van der Waals surface area contributed by atoms with Crippen LogP contribution in [-0.2, 0) is 9.53 Å². The number of carbonyl (C=O) groups excluding carboxylic acids is 1. The molecule has 17 heavy (non-hydrogen) atoms. The summed E-state index contributed by atoms with van der Waals surface area (Å²) < 4.78 is 5.65. The summed E-state index contributed by atoms with van der Waals surface area (Å²) in [6, 6.07) is 0. The largest absolute Gasteiger partial charge is 0.377 e. The van der Waals surface area contributed by atoms with Crippen LogP contribution < -0.4 is 11.1 Å². The number of amides is 1. The summed E-state index contributed by atoms with van der Waals surface area (Å²) in [5.41, 5.74) is 5.23. The molecule has 4 heteroatoms. The van der Waals surface area contributed by atoms with E-state index in [4.69, 9.17) is 10.5 Å². The molecule has 1 saturated carbocycles. The molecule has 0 bridgehead atoms. The summed E-state index contributed by atoms with van der Waals surface area (Å²) in [4.78, 5) is 12.2. The zero-order valence-electron chi connectivity index (χ0n) is 10.7. The van der Waals surface area contributed by atoms with Crippen LogP contribution in [-0.4, -0.2) is 30.7 Å². The van der Waals surface area contributed by atoms with Crippen molar-refractivity contribution in [3.8, 4) is 11.8 Å². The van der Waals surface area contributed by atoms with Crippen molar-refractivity contribution < 1.29 is 9.53 Å². The van der Waals surface area contributed by atoms with Crippen LogP contribution in [0.3, 0.4) is 0 Å². The van der Waals surface area contributed by atoms with Gasteiger partial charge >= 0.3 is 0 Å². The molecule has 94 valence electrons.